The molecule has 0 amide bonds. The molecule has 1 aromatic carbocycles. The van der Waals surface area contributed by atoms with Crippen molar-refractivity contribution in [1.29, 1.82) is 0 Å². The van der Waals surface area contributed by atoms with Gasteiger partial charge >= 0.3 is 0 Å². The van der Waals surface area contributed by atoms with Gasteiger partial charge in [-0.2, -0.15) is 4.31 Å². The number of benzene rings is 1. The van der Waals surface area contributed by atoms with Gasteiger partial charge in [-0.25, -0.2) is 8.42 Å². The number of nitrogens with two attached hydrogens (primary N) is 1. The summed E-state index contributed by atoms with van der Waals surface area (Å²) in [6.07, 6.45) is 6.58. The van der Waals surface area contributed by atoms with E-state index in [4.69, 9.17) is 17.3 Å². The van der Waals surface area contributed by atoms with Crippen molar-refractivity contribution in [2.24, 2.45) is 5.92 Å². The highest BCUT2D eigenvalue weighted by molar-refractivity contribution is 7.89. The summed E-state index contributed by atoms with van der Waals surface area (Å²) < 4.78 is 27.6. The summed E-state index contributed by atoms with van der Waals surface area (Å²) in [5, 5.41) is 0.299. The number of fused-ring (bicyclic) bond motifs is 1. The lowest BCUT2D eigenvalue weighted by atomic mass is 9.79. The van der Waals surface area contributed by atoms with Gasteiger partial charge in [-0.1, -0.05) is 24.4 Å². The topological polar surface area (TPSA) is 63.4 Å². The zero-order valence-electron chi connectivity index (χ0n) is 12.0. The van der Waals surface area contributed by atoms with Crippen LogP contribution in [0.3, 0.4) is 0 Å². The van der Waals surface area contributed by atoms with Gasteiger partial charge in [0.05, 0.1) is 15.6 Å². The highest BCUT2D eigenvalue weighted by Gasteiger charge is 2.39. The number of nitrogen functional groups attached to an aromatic ring is 1. The molecule has 2 N–H and O–H groups in total. The zero-order valence-corrected chi connectivity index (χ0v) is 13.5. The molecule has 2 atom stereocenters. The summed E-state index contributed by atoms with van der Waals surface area (Å²) in [6.45, 7) is 0.617. The second kappa shape index (κ2) is 5.78. The Kier molecular flexibility index (Phi) is 4.17. The fraction of sp³-hybridized carbons (Fsp3) is 0.600. The molecule has 1 aliphatic carbocycles. The Hall–Kier alpha value is -0.780. The Morgan fingerprint density at radius 1 is 1.14 bits per heavy atom. The van der Waals surface area contributed by atoms with Crippen LogP contribution in [0.5, 0.6) is 0 Å². The molecule has 116 valence electrons. The third-order valence-corrected chi connectivity index (χ3v) is 7.02. The van der Waals surface area contributed by atoms with E-state index in [2.05, 4.69) is 0 Å². The van der Waals surface area contributed by atoms with Crippen LogP contribution in [0.1, 0.15) is 38.5 Å². The van der Waals surface area contributed by atoms with Crippen molar-refractivity contribution < 1.29 is 8.42 Å². The minimum absolute atomic E-state index is 0.161. The predicted molar refractivity (Wildman–Crippen MR) is 84.7 cm³/mol. The van der Waals surface area contributed by atoms with Crippen molar-refractivity contribution in [3.8, 4) is 0 Å². The molecule has 1 saturated heterocycles. The molecular formula is C15H21ClN2O2S. The molecule has 2 fully saturated rings. The first-order valence-corrected chi connectivity index (χ1v) is 9.39. The number of hydrogen-bond donors (Lipinski definition) is 1. The molecule has 0 spiro atoms. The van der Waals surface area contributed by atoms with E-state index in [1.165, 1.54) is 12.5 Å². The van der Waals surface area contributed by atoms with Gasteiger partial charge in [-0.05, 0) is 49.8 Å². The predicted octanol–water partition coefficient (Wildman–Crippen LogP) is 3.27. The summed E-state index contributed by atoms with van der Waals surface area (Å²) in [4.78, 5) is 0.257. The fourth-order valence-corrected chi connectivity index (χ4v) is 5.71. The van der Waals surface area contributed by atoms with E-state index in [-0.39, 0.29) is 10.9 Å². The highest BCUT2D eigenvalue weighted by Crippen LogP contribution is 2.38. The lowest BCUT2D eigenvalue weighted by Crippen LogP contribution is -2.49. The molecule has 1 heterocycles. The molecule has 0 aromatic heterocycles. The third-order valence-electron chi connectivity index (χ3n) is 4.77. The van der Waals surface area contributed by atoms with Gasteiger partial charge in [0.2, 0.25) is 10.0 Å². The maximum absolute atomic E-state index is 12.9. The SMILES string of the molecule is Nc1ccc(S(=O)(=O)N2CCCC3CCCCC32)cc1Cl. The van der Waals surface area contributed by atoms with Gasteiger partial charge in [0.15, 0.2) is 0 Å². The number of sulfonamides is 1. The van der Waals surface area contributed by atoms with Gasteiger partial charge < -0.3 is 5.73 Å². The lowest BCUT2D eigenvalue weighted by Gasteiger charge is -2.43. The second-order valence-electron chi connectivity index (χ2n) is 6.05. The highest BCUT2D eigenvalue weighted by atomic mass is 35.5. The van der Waals surface area contributed by atoms with Crippen LogP contribution < -0.4 is 5.73 Å². The summed E-state index contributed by atoms with van der Waals surface area (Å²) in [5.41, 5.74) is 6.08. The van der Waals surface area contributed by atoms with Crippen LogP contribution in [0.2, 0.25) is 5.02 Å². The average Bonchev–Trinajstić information content (AvgIpc) is 2.49. The molecule has 3 rings (SSSR count). The van der Waals surface area contributed by atoms with E-state index in [0.29, 0.717) is 23.2 Å². The number of piperidine rings is 1. The van der Waals surface area contributed by atoms with E-state index in [0.717, 1.165) is 32.1 Å². The van der Waals surface area contributed by atoms with Gasteiger partial charge in [-0.3, -0.25) is 0 Å². The summed E-state index contributed by atoms with van der Waals surface area (Å²) >= 11 is 5.99. The van der Waals surface area contributed by atoms with Crippen molar-refractivity contribution in [1.82, 2.24) is 4.31 Å². The second-order valence-corrected chi connectivity index (χ2v) is 8.35. The number of rotatable bonds is 2. The van der Waals surface area contributed by atoms with Crippen molar-refractivity contribution in [3.63, 3.8) is 0 Å². The Balaban J connectivity index is 1.94. The molecule has 6 heteroatoms. The fourth-order valence-electron chi connectivity index (χ4n) is 3.68. The van der Waals surface area contributed by atoms with E-state index >= 15 is 0 Å². The average molecular weight is 329 g/mol. The minimum atomic E-state index is -3.48. The number of hydrogen-bond acceptors (Lipinski definition) is 3. The number of anilines is 1. The molecule has 1 aromatic rings. The Morgan fingerprint density at radius 3 is 2.62 bits per heavy atom. The first-order chi connectivity index (χ1) is 10.00. The van der Waals surface area contributed by atoms with Crippen LogP contribution in [0.15, 0.2) is 23.1 Å². The standard InChI is InChI=1S/C15H21ClN2O2S/c16-13-10-12(7-8-14(13)17)21(19,20)18-9-3-5-11-4-1-2-6-15(11)18/h7-8,10-11,15H,1-6,9,17H2. The van der Waals surface area contributed by atoms with Crippen molar-refractivity contribution in [2.45, 2.75) is 49.5 Å². The van der Waals surface area contributed by atoms with E-state index in [1.54, 1.807) is 16.4 Å². The van der Waals surface area contributed by atoms with Crippen LogP contribution in [-0.4, -0.2) is 25.3 Å². The molecule has 21 heavy (non-hydrogen) atoms. The van der Waals surface area contributed by atoms with Crippen LogP contribution in [0.4, 0.5) is 5.69 Å². The maximum atomic E-state index is 12.9. The molecule has 1 saturated carbocycles. The summed E-state index contributed by atoms with van der Waals surface area (Å²) in [5.74, 6) is 0.520. The maximum Gasteiger partial charge on any atom is 0.243 e. The van der Waals surface area contributed by atoms with Gasteiger partial charge in [-0.15, -0.1) is 0 Å². The largest absolute Gasteiger partial charge is 0.398 e. The van der Waals surface area contributed by atoms with Crippen LogP contribution in [0, 0.1) is 5.92 Å². The van der Waals surface area contributed by atoms with E-state index < -0.39 is 10.0 Å². The molecular weight excluding hydrogens is 308 g/mol. The number of nitrogens with zero attached hydrogens (tertiary/aromatic N) is 1. The summed E-state index contributed by atoms with van der Waals surface area (Å²) in [7, 11) is -3.48. The van der Waals surface area contributed by atoms with Crippen molar-refractivity contribution in [3.05, 3.63) is 23.2 Å². The molecule has 1 aliphatic heterocycles. The van der Waals surface area contributed by atoms with Crippen molar-refractivity contribution >= 4 is 27.3 Å². The van der Waals surface area contributed by atoms with Gasteiger partial charge in [0.25, 0.3) is 0 Å². The monoisotopic (exact) mass is 328 g/mol. The third kappa shape index (κ3) is 2.79. The van der Waals surface area contributed by atoms with Gasteiger partial charge in [0.1, 0.15) is 0 Å². The molecule has 2 unspecified atom stereocenters. The first-order valence-electron chi connectivity index (χ1n) is 7.57. The summed E-state index contributed by atoms with van der Waals surface area (Å²) in [6, 6.07) is 4.76. The molecule has 0 bridgehead atoms. The van der Waals surface area contributed by atoms with Crippen LogP contribution >= 0.6 is 11.6 Å². The van der Waals surface area contributed by atoms with Gasteiger partial charge in [0, 0.05) is 12.6 Å². The zero-order chi connectivity index (χ0) is 15.0. The number of halogens is 1. The first kappa shape index (κ1) is 15.1. The van der Waals surface area contributed by atoms with Crippen LogP contribution in [-0.2, 0) is 10.0 Å². The quantitative estimate of drug-likeness (QED) is 0.847. The van der Waals surface area contributed by atoms with E-state index in [9.17, 15) is 8.42 Å². The molecule has 4 nitrogen and oxygen atoms in total. The Labute approximate surface area is 131 Å². The molecule has 2 aliphatic rings. The minimum Gasteiger partial charge on any atom is -0.398 e. The lowest BCUT2D eigenvalue weighted by molar-refractivity contribution is 0.129. The van der Waals surface area contributed by atoms with Crippen molar-refractivity contribution in [2.75, 3.05) is 12.3 Å². The van der Waals surface area contributed by atoms with E-state index in [1.807, 2.05) is 0 Å². The van der Waals surface area contributed by atoms with Crippen LogP contribution in [0.25, 0.3) is 0 Å². The normalized spacial score (nSPS) is 27.3. The molecule has 0 radical (unpaired) electrons. The smallest absolute Gasteiger partial charge is 0.243 e. The Morgan fingerprint density at radius 2 is 1.86 bits per heavy atom. The Bertz CT molecular complexity index is 631.